The second kappa shape index (κ2) is 5.75. The number of para-hydroxylation sites is 1. The third-order valence-corrected chi connectivity index (χ3v) is 3.87. The second-order valence-electron chi connectivity index (χ2n) is 5.64. The van der Waals surface area contributed by atoms with Crippen molar-refractivity contribution in [2.75, 3.05) is 13.2 Å². The minimum atomic E-state index is -5.75. The molecule has 1 fully saturated rings. The Morgan fingerprint density at radius 2 is 1.73 bits per heavy atom. The Kier molecular flexibility index (Phi) is 4.47. The Morgan fingerprint density at radius 3 is 2.27 bits per heavy atom. The highest BCUT2D eigenvalue weighted by Gasteiger charge is 2.49. The monoisotopic (exact) mass is 338 g/mol. The molecule has 0 amide bonds. The zero-order chi connectivity index (χ0) is 16.6. The molecule has 0 spiro atoms. The molecule has 0 radical (unpaired) electrons. The standard InChI is InChI=1S/C12H14BF3O5S/c1-11(2)7-19-13(20-8-11)9-5-3-4-6-10(9)21-22(17,18)12(14,15)16/h3-6H,7-8H2,1-2H3. The van der Waals surface area contributed by atoms with Crippen LogP contribution in [0.1, 0.15) is 13.8 Å². The number of benzene rings is 1. The van der Waals surface area contributed by atoms with Gasteiger partial charge in [0.05, 0.1) is 0 Å². The Bertz CT molecular complexity index is 634. The summed E-state index contributed by atoms with van der Waals surface area (Å²) in [4.78, 5) is 0. The second-order valence-corrected chi connectivity index (χ2v) is 7.18. The van der Waals surface area contributed by atoms with E-state index >= 15 is 0 Å². The van der Waals surface area contributed by atoms with Gasteiger partial charge in [-0.1, -0.05) is 32.0 Å². The van der Waals surface area contributed by atoms with Crippen molar-refractivity contribution >= 4 is 22.7 Å². The molecular weight excluding hydrogens is 324 g/mol. The minimum absolute atomic E-state index is 0.0887. The Balaban J connectivity index is 2.25. The number of hydrogen-bond donors (Lipinski definition) is 0. The van der Waals surface area contributed by atoms with Gasteiger partial charge in [-0.2, -0.15) is 21.6 Å². The molecule has 0 aliphatic carbocycles. The van der Waals surface area contributed by atoms with Crippen molar-refractivity contribution in [3.63, 3.8) is 0 Å². The summed E-state index contributed by atoms with van der Waals surface area (Å²) in [5.41, 5.74) is -5.65. The van der Waals surface area contributed by atoms with Gasteiger partial charge in [-0.25, -0.2) is 0 Å². The van der Waals surface area contributed by atoms with E-state index < -0.39 is 28.5 Å². The van der Waals surface area contributed by atoms with Crippen LogP contribution in [-0.4, -0.2) is 34.3 Å². The lowest BCUT2D eigenvalue weighted by Crippen LogP contribution is -2.48. The van der Waals surface area contributed by atoms with Crippen LogP contribution >= 0.6 is 0 Å². The van der Waals surface area contributed by atoms with Gasteiger partial charge in [-0.05, 0) is 6.07 Å². The highest BCUT2D eigenvalue weighted by molar-refractivity contribution is 7.88. The predicted octanol–water partition coefficient (Wildman–Crippen LogP) is 1.68. The average molecular weight is 338 g/mol. The average Bonchev–Trinajstić information content (AvgIpc) is 2.38. The third-order valence-electron chi connectivity index (χ3n) is 2.91. The van der Waals surface area contributed by atoms with E-state index in [0.717, 1.165) is 6.07 Å². The van der Waals surface area contributed by atoms with Gasteiger partial charge in [0.2, 0.25) is 0 Å². The van der Waals surface area contributed by atoms with E-state index in [2.05, 4.69) is 4.18 Å². The van der Waals surface area contributed by atoms with E-state index in [9.17, 15) is 21.6 Å². The fourth-order valence-electron chi connectivity index (χ4n) is 1.79. The summed E-state index contributed by atoms with van der Waals surface area (Å²) >= 11 is 0. The van der Waals surface area contributed by atoms with Gasteiger partial charge in [0.15, 0.2) is 0 Å². The molecule has 0 aromatic heterocycles. The Hall–Kier alpha value is -1.26. The van der Waals surface area contributed by atoms with Crippen molar-refractivity contribution in [2.45, 2.75) is 19.4 Å². The van der Waals surface area contributed by atoms with Crippen LogP contribution in [0.4, 0.5) is 13.2 Å². The zero-order valence-corrected chi connectivity index (χ0v) is 12.7. The topological polar surface area (TPSA) is 61.8 Å². The molecule has 122 valence electrons. The van der Waals surface area contributed by atoms with E-state index in [-0.39, 0.29) is 10.9 Å². The van der Waals surface area contributed by atoms with Crippen LogP contribution in [0.3, 0.4) is 0 Å². The minimum Gasteiger partial charge on any atom is -0.407 e. The molecule has 0 saturated carbocycles. The van der Waals surface area contributed by atoms with Crippen molar-refractivity contribution in [1.82, 2.24) is 0 Å². The fourth-order valence-corrected chi connectivity index (χ4v) is 2.27. The van der Waals surface area contributed by atoms with Gasteiger partial charge in [0.1, 0.15) is 5.75 Å². The van der Waals surface area contributed by atoms with E-state index in [1.165, 1.54) is 18.2 Å². The Morgan fingerprint density at radius 1 is 1.18 bits per heavy atom. The highest BCUT2D eigenvalue weighted by Crippen LogP contribution is 2.27. The molecule has 1 aromatic carbocycles. The molecule has 1 aromatic rings. The van der Waals surface area contributed by atoms with E-state index in [1.54, 1.807) is 0 Å². The van der Waals surface area contributed by atoms with Gasteiger partial charge >= 0.3 is 22.7 Å². The van der Waals surface area contributed by atoms with Gasteiger partial charge in [-0.3, -0.25) is 0 Å². The van der Waals surface area contributed by atoms with Crippen molar-refractivity contribution in [3.8, 4) is 5.75 Å². The zero-order valence-electron chi connectivity index (χ0n) is 11.9. The maximum atomic E-state index is 12.4. The summed E-state index contributed by atoms with van der Waals surface area (Å²) < 4.78 is 74.6. The number of rotatable bonds is 3. The van der Waals surface area contributed by atoms with E-state index in [1.807, 2.05) is 13.8 Å². The van der Waals surface area contributed by atoms with Gasteiger partial charge in [-0.15, -0.1) is 0 Å². The predicted molar refractivity (Wildman–Crippen MR) is 73.1 cm³/mol. The largest absolute Gasteiger partial charge is 0.534 e. The van der Waals surface area contributed by atoms with Crippen LogP contribution in [0.5, 0.6) is 5.75 Å². The van der Waals surface area contributed by atoms with Crippen LogP contribution in [0.2, 0.25) is 0 Å². The summed E-state index contributed by atoms with van der Waals surface area (Å²) in [5, 5.41) is 0. The van der Waals surface area contributed by atoms with Gasteiger partial charge < -0.3 is 13.5 Å². The van der Waals surface area contributed by atoms with Crippen LogP contribution in [-0.2, 0) is 19.4 Å². The molecule has 0 unspecified atom stereocenters. The normalized spacial score (nSPS) is 19.0. The summed E-state index contributed by atoms with van der Waals surface area (Å²) in [6.07, 6.45) is 0. The summed E-state index contributed by atoms with van der Waals surface area (Å²) in [7, 11) is -6.72. The molecule has 0 bridgehead atoms. The number of halogens is 3. The molecule has 0 atom stereocenters. The third kappa shape index (κ3) is 3.74. The first-order chi connectivity index (χ1) is 10.0. The van der Waals surface area contributed by atoms with Crippen LogP contribution < -0.4 is 9.65 Å². The molecule has 1 heterocycles. The number of alkyl halides is 3. The first-order valence-electron chi connectivity index (χ1n) is 6.35. The fraction of sp³-hybridized carbons (Fsp3) is 0.500. The molecule has 5 nitrogen and oxygen atoms in total. The highest BCUT2D eigenvalue weighted by atomic mass is 32.2. The smallest absolute Gasteiger partial charge is 0.407 e. The molecule has 0 N–H and O–H groups in total. The van der Waals surface area contributed by atoms with Gasteiger partial charge in [0.25, 0.3) is 0 Å². The molecule has 10 heteroatoms. The first kappa shape index (κ1) is 17.1. The molecule has 1 aliphatic rings. The lowest BCUT2D eigenvalue weighted by molar-refractivity contribution is -0.0500. The van der Waals surface area contributed by atoms with Crippen molar-refractivity contribution in [3.05, 3.63) is 24.3 Å². The van der Waals surface area contributed by atoms with Crippen molar-refractivity contribution < 1.29 is 35.1 Å². The summed E-state index contributed by atoms with van der Waals surface area (Å²) in [6.45, 7) is 4.44. The molecule has 2 rings (SSSR count). The number of hydrogen-bond acceptors (Lipinski definition) is 5. The maximum absolute atomic E-state index is 12.4. The Labute approximate surface area is 126 Å². The van der Waals surface area contributed by atoms with Crippen LogP contribution in [0, 0.1) is 5.41 Å². The SMILES string of the molecule is CC1(C)COB(c2ccccc2OS(=O)(=O)C(F)(F)F)OC1. The summed E-state index contributed by atoms with van der Waals surface area (Å²) in [6, 6.07) is 5.39. The first-order valence-corrected chi connectivity index (χ1v) is 7.76. The molecular formula is C12H14BF3O5S. The maximum Gasteiger partial charge on any atom is 0.534 e. The quantitative estimate of drug-likeness (QED) is 0.477. The van der Waals surface area contributed by atoms with Crippen molar-refractivity contribution in [2.24, 2.45) is 5.41 Å². The van der Waals surface area contributed by atoms with E-state index in [4.69, 9.17) is 9.31 Å². The van der Waals surface area contributed by atoms with E-state index in [0.29, 0.717) is 13.2 Å². The molecule has 22 heavy (non-hydrogen) atoms. The van der Waals surface area contributed by atoms with Crippen LogP contribution in [0.25, 0.3) is 0 Å². The summed E-state index contributed by atoms with van der Waals surface area (Å²) in [5.74, 6) is -0.468. The lowest BCUT2D eigenvalue weighted by atomic mass is 9.75. The van der Waals surface area contributed by atoms with Gasteiger partial charge in [0, 0.05) is 24.1 Å². The van der Waals surface area contributed by atoms with Crippen LogP contribution in [0.15, 0.2) is 24.3 Å². The van der Waals surface area contributed by atoms with Crippen molar-refractivity contribution in [1.29, 1.82) is 0 Å². The lowest BCUT2D eigenvalue weighted by Gasteiger charge is -2.33. The molecule has 1 aliphatic heterocycles. The molecule has 1 saturated heterocycles.